The summed E-state index contributed by atoms with van der Waals surface area (Å²) in [5, 5.41) is 3.69. The summed E-state index contributed by atoms with van der Waals surface area (Å²) in [7, 11) is -1.16. The maximum absolute atomic E-state index is 11.6. The number of ketones is 1. The summed E-state index contributed by atoms with van der Waals surface area (Å²) in [5.74, 6) is 0.244. The first-order chi connectivity index (χ1) is 8.16. The van der Waals surface area contributed by atoms with Gasteiger partial charge in [-0.05, 0) is 0 Å². The second-order valence-corrected chi connectivity index (χ2v) is 5.02. The van der Waals surface area contributed by atoms with Crippen LogP contribution in [0.5, 0.6) is 0 Å². The van der Waals surface area contributed by atoms with Gasteiger partial charge in [0.1, 0.15) is 0 Å². The normalized spacial score (nSPS) is 12.3. The predicted molar refractivity (Wildman–Crippen MR) is 65.2 cm³/mol. The van der Waals surface area contributed by atoms with Gasteiger partial charge in [-0.1, -0.05) is 35.5 Å². The molecule has 0 saturated heterocycles. The number of carbonyl (C=O) groups is 1. The van der Waals surface area contributed by atoms with E-state index >= 15 is 0 Å². The number of carbonyl (C=O) groups excluding carboxylic acids is 1. The van der Waals surface area contributed by atoms with Crippen molar-refractivity contribution in [1.29, 1.82) is 0 Å². The highest BCUT2D eigenvalue weighted by Gasteiger charge is 2.14. The Bertz CT molecular complexity index is 548. The van der Waals surface area contributed by atoms with Crippen molar-refractivity contribution in [3.63, 3.8) is 0 Å². The van der Waals surface area contributed by atoms with Crippen LogP contribution in [-0.4, -0.2) is 27.2 Å². The Balaban J connectivity index is 2.22. The fourth-order valence-corrected chi connectivity index (χ4v) is 1.92. The monoisotopic (exact) mass is 249 g/mol. The molecule has 0 spiro atoms. The molecule has 1 heterocycles. The summed E-state index contributed by atoms with van der Waals surface area (Å²) in [6.45, 7) is 0. The van der Waals surface area contributed by atoms with Gasteiger partial charge in [-0.15, -0.1) is 0 Å². The third kappa shape index (κ3) is 2.88. The van der Waals surface area contributed by atoms with E-state index in [2.05, 4.69) is 5.16 Å². The topological polar surface area (TPSA) is 60.2 Å². The molecule has 0 aliphatic heterocycles. The quantitative estimate of drug-likeness (QED) is 0.776. The standard InChI is InChI=1S/C12H11NO3S/c1-17(15)8-11(14)10-7-12(16-13-10)9-5-3-2-4-6-9/h2-7H,8H2,1H3. The first-order valence-electron chi connectivity index (χ1n) is 5.02. The van der Waals surface area contributed by atoms with E-state index in [1.54, 1.807) is 6.07 Å². The largest absolute Gasteiger partial charge is 0.356 e. The third-order valence-electron chi connectivity index (χ3n) is 2.19. The van der Waals surface area contributed by atoms with Crippen molar-refractivity contribution in [1.82, 2.24) is 5.16 Å². The van der Waals surface area contributed by atoms with Gasteiger partial charge in [-0.25, -0.2) is 0 Å². The van der Waals surface area contributed by atoms with Crippen molar-refractivity contribution >= 4 is 16.6 Å². The Labute approximate surface area is 101 Å². The molecule has 0 amide bonds. The first-order valence-corrected chi connectivity index (χ1v) is 6.75. The summed E-state index contributed by atoms with van der Waals surface area (Å²) in [4.78, 5) is 11.6. The Kier molecular flexibility index (Phi) is 3.49. The number of aromatic nitrogens is 1. The summed E-state index contributed by atoms with van der Waals surface area (Å²) in [5.41, 5.74) is 1.08. The summed E-state index contributed by atoms with van der Waals surface area (Å²) in [6, 6.07) is 11.0. The number of hydrogen-bond donors (Lipinski definition) is 0. The van der Waals surface area contributed by atoms with E-state index < -0.39 is 10.8 Å². The van der Waals surface area contributed by atoms with E-state index in [1.165, 1.54) is 6.26 Å². The summed E-state index contributed by atoms with van der Waals surface area (Å²) < 4.78 is 16.0. The molecule has 4 nitrogen and oxygen atoms in total. The Morgan fingerprint density at radius 1 is 1.35 bits per heavy atom. The van der Waals surface area contributed by atoms with Crippen LogP contribution < -0.4 is 0 Å². The van der Waals surface area contributed by atoms with Gasteiger partial charge in [0.2, 0.25) is 0 Å². The molecular weight excluding hydrogens is 238 g/mol. The lowest BCUT2D eigenvalue weighted by molar-refractivity contribution is 0.101. The SMILES string of the molecule is CS(=O)CC(=O)c1cc(-c2ccccc2)on1. The lowest BCUT2D eigenvalue weighted by Crippen LogP contribution is -2.09. The fraction of sp³-hybridized carbons (Fsp3) is 0.167. The van der Waals surface area contributed by atoms with Crippen LogP contribution in [0.15, 0.2) is 40.9 Å². The second kappa shape index (κ2) is 5.05. The lowest BCUT2D eigenvalue weighted by atomic mass is 10.1. The minimum Gasteiger partial charge on any atom is -0.356 e. The van der Waals surface area contributed by atoms with Crippen LogP contribution in [0.25, 0.3) is 11.3 Å². The maximum atomic E-state index is 11.6. The zero-order valence-corrected chi connectivity index (χ0v) is 10.1. The fourth-order valence-electron chi connectivity index (χ4n) is 1.40. The molecule has 0 N–H and O–H groups in total. The van der Waals surface area contributed by atoms with Gasteiger partial charge >= 0.3 is 0 Å². The zero-order chi connectivity index (χ0) is 12.3. The molecule has 1 unspecified atom stereocenters. The molecule has 17 heavy (non-hydrogen) atoms. The molecule has 0 radical (unpaired) electrons. The molecule has 0 bridgehead atoms. The van der Waals surface area contributed by atoms with E-state index in [0.717, 1.165) is 5.56 Å². The van der Waals surface area contributed by atoms with Crippen LogP contribution in [0.3, 0.4) is 0 Å². The van der Waals surface area contributed by atoms with Gasteiger partial charge in [0.25, 0.3) is 0 Å². The van der Waals surface area contributed by atoms with Gasteiger partial charge < -0.3 is 4.52 Å². The third-order valence-corrected chi connectivity index (χ3v) is 2.86. The molecule has 5 heteroatoms. The van der Waals surface area contributed by atoms with E-state index in [1.807, 2.05) is 30.3 Å². The number of nitrogens with zero attached hydrogens (tertiary/aromatic N) is 1. The van der Waals surface area contributed by atoms with Crippen molar-refractivity contribution in [3.05, 3.63) is 42.1 Å². The van der Waals surface area contributed by atoms with Crippen molar-refractivity contribution in [2.45, 2.75) is 0 Å². The van der Waals surface area contributed by atoms with E-state index in [0.29, 0.717) is 5.76 Å². The minimum atomic E-state index is -1.16. The van der Waals surface area contributed by atoms with Crippen molar-refractivity contribution in [2.24, 2.45) is 0 Å². The number of rotatable bonds is 4. The van der Waals surface area contributed by atoms with Crippen LogP contribution in [0.1, 0.15) is 10.5 Å². The van der Waals surface area contributed by atoms with E-state index in [9.17, 15) is 9.00 Å². The average molecular weight is 249 g/mol. The van der Waals surface area contributed by atoms with Crippen molar-refractivity contribution < 1.29 is 13.5 Å². The molecule has 88 valence electrons. The highest BCUT2D eigenvalue weighted by molar-refractivity contribution is 7.85. The van der Waals surface area contributed by atoms with Gasteiger partial charge in [-0.3, -0.25) is 9.00 Å². The highest BCUT2D eigenvalue weighted by atomic mass is 32.2. The maximum Gasteiger partial charge on any atom is 0.197 e. The number of Topliss-reactive ketones (excluding diaryl/α,β-unsaturated/α-hetero) is 1. The van der Waals surface area contributed by atoms with Gasteiger partial charge in [-0.2, -0.15) is 0 Å². The Hall–Kier alpha value is -1.75. The molecular formula is C12H11NO3S. The molecule has 1 aromatic carbocycles. The molecule has 0 aliphatic rings. The number of hydrogen-bond acceptors (Lipinski definition) is 4. The highest BCUT2D eigenvalue weighted by Crippen LogP contribution is 2.19. The molecule has 2 aromatic rings. The average Bonchev–Trinajstić information content (AvgIpc) is 2.78. The summed E-state index contributed by atoms with van der Waals surface area (Å²) in [6.07, 6.45) is 1.48. The smallest absolute Gasteiger partial charge is 0.197 e. The van der Waals surface area contributed by atoms with Gasteiger partial charge in [0.15, 0.2) is 17.2 Å². The van der Waals surface area contributed by atoms with Crippen molar-refractivity contribution in [3.8, 4) is 11.3 Å². The van der Waals surface area contributed by atoms with Crippen LogP contribution >= 0.6 is 0 Å². The molecule has 2 rings (SSSR count). The molecule has 0 saturated carbocycles. The molecule has 0 aliphatic carbocycles. The Morgan fingerprint density at radius 3 is 2.71 bits per heavy atom. The molecule has 1 aromatic heterocycles. The lowest BCUT2D eigenvalue weighted by Gasteiger charge is -1.92. The zero-order valence-electron chi connectivity index (χ0n) is 9.25. The second-order valence-electron chi connectivity index (χ2n) is 3.58. The Morgan fingerprint density at radius 2 is 2.06 bits per heavy atom. The van der Waals surface area contributed by atoms with Gasteiger partial charge in [0, 0.05) is 28.7 Å². The van der Waals surface area contributed by atoms with Crippen LogP contribution in [-0.2, 0) is 10.8 Å². The predicted octanol–water partition coefficient (Wildman–Crippen LogP) is 1.90. The number of benzene rings is 1. The summed E-state index contributed by atoms with van der Waals surface area (Å²) >= 11 is 0. The van der Waals surface area contributed by atoms with Crippen molar-refractivity contribution in [2.75, 3.05) is 12.0 Å². The first kappa shape index (κ1) is 11.7. The molecule has 1 atom stereocenters. The molecule has 0 fully saturated rings. The van der Waals surface area contributed by atoms with E-state index in [4.69, 9.17) is 4.52 Å². The van der Waals surface area contributed by atoms with Crippen LogP contribution in [0.2, 0.25) is 0 Å². The van der Waals surface area contributed by atoms with E-state index in [-0.39, 0.29) is 17.2 Å². The van der Waals surface area contributed by atoms with Crippen LogP contribution in [0, 0.1) is 0 Å². The van der Waals surface area contributed by atoms with Crippen LogP contribution in [0.4, 0.5) is 0 Å². The minimum absolute atomic E-state index is 0.0270. The van der Waals surface area contributed by atoms with Gasteiger partial charge in [0.05, 0.1) is 5.75 Å².